The van der Waals surface area contributed by atoms with Gasteiger partial charge >= 0.3 is 5.69 Å². The van der Waals surface area contributed by atoms with Gasteiger partial charge < -0.3 is 4.98 Å². The Morgan fingerprint density at radius 2 is 2.50 bits per heavy atom. The van der Waals surface area contributed by atoms with Gasteiger partial charge in [-0.25, -0.2) is 4.79 Å². The molecule has 4 nitrogen and oxygen atoms in total. The molecule has 0 radical (unpaired) electrons. The van der Waals surface area contributed by atoms with Crippen LogP contribution in [0.3, 0.4) is 0 Å². The summed E-state index contributed by atoms with van der Waals surface area (Å²) in [6.45, 7) is 2.60. The van der Waals surface area contributed by atoms with Crippen molar-refractivity contribution < 1.29 is 0 Å². The molecule has 62 valence electrons. The van der Waals surface area contributed by atoms with Crippen molar-refractivity contribution in [3.8, 4) is 0 Å². The predicted molar refractivity (Wildman–Crippen MR) is 46.0 cm³/mol. The van der Waals surface area contributed by atoms with E-state index in [1.54, 1.807) is 23.0 Å². The maximum absolute atomic E-state index is 11.2. The van der Waals surface area contributed by atoms with Crippen LogP contribution < -0.4 is 5.69 Å². The van der Waals surface area contributed by atoms with Crippen LogP contribution in [-0.4, -0.2) is 14.5 Å². The number of hydrogen-bond acceptors (Lipinski definition) is 2. The third-order valence-corrected chi connectivity index (χ3v) is 1.89. The Morgan fingerprint density at radius 3 is 3.25 bits per heavy atom. The van der Waals surface area contributed by atoms with Crippen LogP contribution in [0.4, 0.5) is 0 Å². The van der Waals surface area contributed by atoms with Crippen molar-refractivity contribution >= 4 is 11.0 Å². The molecule has 0 spiro atoms. The molecule has 2 aromatic rings. The van der Waals surface area contributed by atoms with E-state index in [1.165, 1.54) is 0 Å². The highest BCUT2D eigenvalue weighted by Crippen LogP contribution is 2.05. The van der Waals surface area contributed by atoms with Crippen LogP contribution in [0.5, 0.6) is 0 Å². The molecule has 0 aliphatic heterocycles. The monoisotopic (exact) mass is 163 g/mol. The maximum Gasteiger partial charge on any atom is 0.326 e. The first-order chi connectivity index (χ1) is 5.83. The molecule has 0 saturated heterocycles. The van der Waals surface area contributed by atoms with E-state index < -0.39 is 0 Å². The molecular formula is C8H9N3O. The fraction of sp³-hybridized carbons (Fsp3) is 0.250. The van der Waals surface area contributed by atoms with E-state index in [9.17, 15) is 4.79 Å². The van der Waals surface area contributed by atoms with Crippen LogP contribution in [0, 0.1) is 0 Å². The van der Waals surface area contributed by atoms with Crippen molar-refractivity contribution in [2.75, 3.05) is 0 Å². The minimum absolute atomic E-state index is 0.0690. The second kappa shape index (κ2) is 2.48. The molecule has 1 N–H and O–H groups in total. The topological polar surface area (TPSA) is 50.7 Å². The zero-order valence-electron chi connectivity index (χ0n) is 6.74. The lowest BCUT2D eigenvalue weighted by molar-refractivity contribution is 0.752. The SMILES string of the molecule is CCn1c(=O)[nH]c2ccncc21. The van der Waals surface area contributed by atoms with E-state index in [1.807, 2.05) is 6.92 Å². The largest absolute Gasteiger partial charge is 0.326 e. The van der Waals surface area contributed by atoms with Crippen LogP contribution >= 0.6 is 0 Å². The third kappa shape index (κ3) is 0.845. The number of imidazole rings is 1. The van der Waals surface area contributed by atoms with E-state index in [2.05, 4.69) is 9.97 Å². The van der Waals surface area contributed by atoms with Crippen molar-refractivity contribution in [1.29, 1.82) is 0 Å². The van der Waals surface area contributed by atoms with Crippen molar-refractivity contribution in [3.63, 3.8) is 0 Å². The summed E-state index contributed by atoms with van der Waals surface area (Å²) < 4.78 is 1.66. The van der Waals surface area contributed by atoms with Crippen molar-refractivity contribution in [2.24, 2.45) is 0 Å². The Labute approximate surface area is 68.9 Å². The minimum atomic E-state index is -0.0690. The summed E-state index contributed by atoms with van der Waals surface area (Å²) in [6, 6.07) is 1.79. The van der Waals surface area contributed by atoms with E-state index in [4.69, 9.17) is 0 Å². The smallest absolute Gasteiger partial charge is 0.305 e. The summed E-state index contributed by atoms with van der Waals surface area (Å²) in [5, 5.41) is 0. The highest BCUT2D eigenvalue weighted by atomic mass is 16.1. The molecule has 0 amide bonds. The first-order valence-electron chi connectivity index (χ1n) is 3.85. The highest BCUT2D eigenvalue weighted by molar-refractivity contribution is 5.73. The Balaban J connectivity index is 2.91. The molecular weight excluding hydrogens is 154 g/mol. The molecule has 4 heteroatoms. The van der Waals surface area contributed by atoms with Gasteiger partial charge in [-0.3, -0.25) is 9.55 Å². The predicted octanol–water partition coefficient (Wildman–Crippen LogP) is 0.744. The summed E-state index contributed by atoms with van der Waals surface area (Å²) in [6.07, 6.45) is 3.36. The normalized spacial score (nSPS) is 10.8. The van der Waals surface area contributed by atoms with Crippen molar-refractivity contribution in [2.45, 2.75) is 13.5 Å². The number of hydrogen-bond donors (Lipinski definition) is 1. The van der Waals surface area contributed by atoms with Crippen LogP contribution in [0.1, 0.15) is 6.92 Å². The minimum Gasteiger partial charge on any atom is -0.305 e. The Bertz CT molecular complexity index is 455. The van der Waals surface area contributed by atoms with Gasteiger partial charge in [0.05, 0.1) is 17.2 Å². The van der Waals surface area contributed by atoms with Gasteiger partial charge in [-0.05, 0) is 13.0 Å². The Kier molecular flexibility index (Phi) is 1.46. The Hall–Kier alpha value is -1.58. The van der Waals surface area contributed by atoms with Gasteiger partial charge in [0.1, 0.15) is 0 Å². The van der Waals surface area contributed by atoms with Crippen LogP contribution in [0.25, 0.3) is 11.0 Å². The average Bonchev–Trinajstić information content (AvgIpc) is 2.40. The van der Waals surface area contributed by atoms with Crippen molar-refractivity contribution in [1.82, 2.24) is 14.5 Å². The maximum atomic E-state index is 11.2. The van der Waals surface area contributed by atoms with Gasteiger partial charge in [0, 0.05) is 12.7 Å². The molecule has 0 saturated carbocycles. The number of fused-ring (bicyclic) bond motifs is 1. The van der Waals surface area contributed by atoms with Gasteiger partial charge in [0.15, 0.2) is 0 Å². The van der Waals surface area contributed by atoms with Crippen LogP contribution in [0.15, 0.2) is 23.3 Å². The summed E-state index contributed by atoms with van der Waals surface area (Å²) in [5.41, 5.74) is 1.64. The zero-order chi connectivity index (χ0) is 8.55. The van der Waals surface area contributed by atoms with Gasteiger partial charge in [-0.1, -0.05) is 0 Å². The number of rotatable bonds is 1. The van der Waals surface area contributed by atoms with Crippen LogP contribution in [-0.2, 0) is 6.54 Å². The summed E-state index contributed by atoms with van der Waals surface area (Å²) in [7, 11) is 0. The summed E-state index contributed by atoms with van der Waals surface area (Å²) in [4.78, 5) is 17.9. The molecule has 2 rings (SSSR count). The second-order valence-corrected chi connectivity index (χ2v) is 2.57. The molecule has 12 heavy (non-hydrogen) atoms. The number of aryl methyl sites for hydroxylation is 1. The quantitative estimate of drug-likeness (QED) is 0.674. The number of nitrogens with one attached hydrogen (secondary N) is 1. The molecule has 2 aromatic heterocycles. The second-order valence-electron chi connectivity index (χ2n) is 2.57. The molecule has 0 unspecified atom stereocenters. The number of aromatic nitrogens is 3. The molecule has 0 aromatic carbocycles. The van der Waals surface area contributed by atoms with E-state index in [-0.39, 0.29) is 5.69 Å². The Morgan fingerprint density at radius 1 is 1.67 bits per heavy atom. The average molecular weight is 163 g/mol. The first kappa shape index (κ1) is 7.09. The standard InChI is InChI=1S/C8H9N3O/c1-2-11-7-5-9-4-3-6(7)10-8(11)12/h3-5H,2H2,1H3,(H,10,12). The molecule has 0 fully saturated rings. The first-order valence-corrected chi connectivity index (χ1v) is 3.85. The summed E-state index contributed by atoms with van der Waals surface area (Å²) >= 11 is 0. The number of H-pyrrole nitrogens is 1. The molecule has 0 aliphatic carbocycles. The van der Waals surface area contributed by atoms with Gasteiger partial charge in [-0.2, -0.15) is 0 Å². The van der Waals surface area contributed by atoms with E-state index >= 15 is 0 Å². The fourth-order valence-electron chi connectivity index (χ4n) is 1.31. The fourth-order valence-corrected chi connectivity index (χ4v) is 1.31. The van der Waals surface area contributed by atoms with E-state index in [0.717, 1.165) is 11.0 Å². The lowest BCUT2D eigenvalue weighted by Gasteiger charge is -1.94. The van der Waals surface area contributed by atoms with Crippen molar-refractivity contribution in [3.05, 3.63) is 28.9 Å². The molecule has 0 aliphatic rings. The van der Waals surface area contributed by atoms with Crippen LogP contribution in [0.2, 0.25) is 0 Å². The van der Waals surface area contributed by atoms with Gasteiger partial charge in [0.2, 0.25) is 0 Å². The zero-order valence-corrected chi connectivity index (χ0v) is 6.74. The highest BCUT2D eigenvalue weighted by Gasteiger charge is 2.02. The molecule has 2 heterocycles. The molecule has 0 bridgehead atoms. The van der Waals surface area contributed by atoms with E-state index in [0.29, 0.717) is 6.54 Å². The van der Waals surface area contributed by atoms with Gasteiger partial charge in [-0.15, -0.1) is 0 Å². The third-order valence-electron chi connectivity index (χ3n) is 1.89. The number of pyridine rings is 1. The molecule has 0 atom stereocenters. The van der Waals surface area contributed by atoms with Gasteiger partial charge in [0.25, 0.3) is 0 Å². The lowest BCUT2D eigenvalue weighted by Crippen LogP contribution is -2.14. The summed E-state index contributed by atoms with van der Waals surface area (Å²) in [5.74, 6) is 0. The lowest BCUT2D eigenvalue weighted by atomic mass is 10.4. The number of aromatic amines is 1. The number of nitrogens with zero attached hydrogens (tertiary/aromatic N) is 2.